The molecule has 1 fully saturated rings. The molecule has 1 amide bonds. The highest BCUT2D eigenvalue weighted by molar-refractivity contribution is 6.33. The zero-order valence-electron chi connectivity index (χ0n) is 15.0. The Morgan fingerprint density at radius 2 is 2.19 bits per heavy atom. The molecular weight excluding hydrogens is 352 g/mol. The van der Waals surface area contributed by atoms with Crippen molar-refractivity contribution in [2.24, 2.45) is 0 Å². The van der Waals surface area contributed by atoms with Gasteiger partial charge in [0.05, 0.1) is 35.1 Å². The summed E-state index contributed by atoms with van der Waals surface area (Å²) in [5.74, 6) is 0.450. The van der Waals surface area contributed by atoms with Gasteiger partial charge in [-0.25, -0.2) is 4.98 Å². The Balaban J connectivity index is 1.75. The number of methoxy groups -OCH3 is 1. The quantitative estimate of drug-likeness (QED) is 0.861. The van der Waals surface area contributed by atoms with E-state index in [-0.39, 0.29) is 11.9 Å². The van der Waals surface area contributed by atoms with Crippen molar-refractivity contribution in [3.63, 3.8) is 0 Å². The van der Waals surface area contributed by atoms with Crippen LogP contribution in [0.4, 0.5) is 11.5 Å². The first kappa shape index (κ1) is 18.6. The number of hydrogen-bond donors (Lipinski definition) is 1. The fourth-order valence-corrected chi connectivity index (χ4v) is 3.34. The van der Waals surface area contributed by atoms with E-state index in [1.54, 1.807) is 25.6 Å². The van der Waals surface area contributed by atoms with Crippen molar-refractivity contribution in [2.75, 3.05) is 25.6 Å². The van der Waals surface area contributed by atoms with Gasteiger partial charge in [0.2, 0.25) is 0 Å². The number of likely N-dealkylation sites (tertiary alicyclic amines) is 1. The van der Waals surface area contributed by atoms with Crippen molar-refractivity contribution in [3.05, 3.63) is 46.9 Å². The summed E-state index contributed by atoms with van der Waals surface area (Å²) < 4.78 is 5.26. The van der Waals surface area contributed by atoms with Crippen LogP contribution in [0.2, 0.25) is 5.02 Å². The Morgan fingerprint density at radius 3 is 2.88 bits per heavy atom. The molecule has 1 unspecified atom stereocenters. The number of halogens is 1. The second-order valence-corrected chi connectivity index (χ2v) is 6.88. The van der Waals surface area contributed by atoms with Gasteiger partial charge in [0, 0.05) is 25.5 Å². The average molecular weight is 375 g/mol. The zero-order valence-corrected chi connectivity index (χ0v) is 15.8. The smallest absolute Gasteiger partial charge is 0.255 e. The number of hydrogen-bond acceptors (Lipinski definition) is 5. The number of aryl methyl sites for hydroxylation is 1. The predicted octanol–water partition coefficient (Wildman–Crippen LogP) is 3.82. The number of carbonyl (C=O) groups is 1. The molecule has 1 aliphatic rings. The molecule has 1 saturated heterocycles. The van der Waals surface area contributed by atoms with Gasteiger partial charge in [0.1, 0.15) is 5.82 Å². The van der Waals surface area contributed by atoms with E-state index in [2.05, 4.69) is 15.3 Å². The van der Waals surface area contributed by atoms with E-state index in [4.69, 9.17) is 16.3 Å². The number of carbonyl (C=O) groups excluding carboxylic acids is 1. The number of anilines is 2. The lowest BCUT2D eigenvalue weighted by Crippen LogP contribution is -2.46. The summed E-state index contributed by atoms with van der Waals surface area (Å²) in [5.41, 5.74) is 2.22. The topological polar surface area (TPSA) is 67.3 Å². The molecule has 138 valence electrons. The van der Waals surface area contributed by atoms with Gasteiger partial charge in [-0.1, -0.05) is 11.6 Å². The third-order valence-corrected chi connectivity index (χ3v) is 4.80. The minimum absolute atomic E-state index is 0.0512. The standard InChI is InChI=1S/C19H23ClN4O2/c1-13-6-7-15(11-21-13)23-18-17(20)9-14(10-22-18)19(25)24-8-4-3-5-16(24)12-26-2/h6-7,9-11,16H,3-5,8,12H2,1-2H3,(H,22,23). The maximum Gasteiger partial charge on any atom is 0.255 e. The highest BCUT2D eigenvalue weighted by atomic mass is 35.5. The Kier molecular flexibility index (Phi) is 6.06. The van der Waals surface area contributed by atoms with Crippen LogP contribution in [-0.2, 0) is 4.74 Å². The summed E-state index contributed by atoms with van der Waals surface area (Å²) in [7, 11) is 1.66. The molecule has 0 bridgehead atoms. The molecule has 0 saturated carbocycles. The van der Waals surface area contributed by atoms with Crippen LogP contribution < -0.4 is 5.32 Å². The SMILES string of the molecule is COCC1CCCCN1C(=O)c1cnc(Nc2ccc(C)nc2)c(Cl)c1. The third-order valence-electron chi connectivity index (χ3n) is 4.51. The van der Waals surface area contributed by atoms with Crippen molar-refractivity contribution >= 4 is 29.0 Å². The van der Waals surface area contributed by atoms with Gasteiger partial charge in [0.25, 0.3) is 5.91 Å². The highest BCUT2D eigenvalue weighted by Crippen LogP contribution is 2.26. The number of ether oxygens (including phenoxy) is 1. The highest BCUT2D eigenvalue weighted by Gasteiger charge is 2.28. The van der Waals surface area contributed by atoms with E-state index in [9.17, 15) is 4.79 Å². The van der Waals surface area contributed by atoms with Gasteiger partial charge in [-0.05, 0) is 44.4 Å². The van der Waals surface area contributed by atoms with E-state index in [1.807, 2.05) is 24.0 Å². The Labute approximate surface area is 158 Å². The third kappa shape index (κ3) is 4.31. The lowest BCUT2D eigenvalue weighted by atomic mass is 10.0. The summed E-state index contributed by atoms with van der Waals surface area (Å²) >= 11 is 6.35. The molecule has 1 aliphatic heterocycles. The van der Waals surface area contributed by atoms with Gasteiger partial charge in [-0.15, -0.1) is 0 Å². The van der Waals surface area contributed by atoms with Crippen molar-refractivity contribution in [3.8, 4) is 0 Å². The second-order valence-electron chi connectivity index (χ2n) is 6.47. The molecule has 0 spiro atoms. The Bertz CT molecular complexity index is 765. The largest absolute Gasteiger partial charge is 0.383 e. The van der Waals surface area contributed by atoms with Gasteiger partial charge >= 0.3 is 0 Å². The molecule has 0 aliphatic carbocycles. The van der Waals surface area contributed by atoms with Crippen LogP contribution in [0.1, 0.15) is 35.3 Å². The van der Waals surface area contributed by atoms with Crippen LogP contribution in [0.25, 0.3) is 0 Å². The van der Waals surface area contributed by atoms with Crippen molar-refractivity contribution in [1.29, 1.82) is 0 Å². The minimum atomic E-state index is -0.0512. The Morgan fingerprint density at radius 1 is 1.35 bits per heavy atom. The molecule has 3 rings (SSSR count). The molecule has 0 aromatic carbocycles. The fourth-order valence-electron chi connectivity index (χ4n) is 3.12. The van der Waals surface area contributed by atoms with E-state index in [0.29, 0.717) is 23.0 Å². The summed E-state index contributed by atoms with van der Waals surface area (Å²) in [6.45, 7) is 3.21. The number of rotatable bonds is 5. The molecule has 26 heavy (non-hydrogen) atoms. The second kappa shape index (κ2) is 8.47. The first-order valence-corrected chi connectivity index (χ1v) is 9.11. The van der Waals surface area contributed by atoms with Gasteiger partial charge in [0.15, 0.2) is 0 Å². The van der Waals surface area contributed by atoms with Gasteiger partial charge in [-0.3, -0.25) is 9.78 Å². The molecule has 3 heterocycles. The van der Waals surface area contributed by atoms with Crippen molar-refractivity contribution < 1.29 is 9.53 Å². The van der Waals surface area contributed by atoms with Crippen LogP contribution in [0.5, 0.6) is 0 Å². The van der Waals surface area contributed by atoms with Crippen LogP contribution in [0.15, 0.2) is 30.6 Å². The maximum absolute atomic E-state index is 12.9. The maximum atomic E-state index is 12.9. The van der Waals surface area contributed by atoms with Gasteiger partial charge in [-0.2, -0.15) is 0 Å². The first-order chi connectivity index (χ1) is 12.6. The summed E-state index contributed by atoms with van der Waals surface area (Å²) in [5, 5.41) is 3.52. The normalized spacial score (nSPS) is 17.2. The number of pyridine rings is 2. The van der Waals surface area contributed by atoms with E-state index in [0.717, 1.165) is 37.2 Å². The molecular formula is C19H23ClN4O2. The molecule has 2 aromatic rings. The predicted molar refractivity (Wildman–Crippen MR) is 102 cm³/mol. The fraction of sp³-hybridized carbons (Fsp3) is 0.421. The van der Waals surface area contributed by atoms with Gasteiger partial charge < -0.3 is 15.0 Å². The number of nitrogens with one attached hydrogen (secondary N) is 1. The van der Waals surface area contributed by atoms with Crippen molar-refractivity contribution in [2.45, 2.75) is 32.2 Å². The van der Waals surface area contributed by atoms with E-state index < -0.39 is 0 Å². The molecule has 1 atom stereocenters. The monoisotopic (exact) mass is 374 g/mol. The molecule has 6 nitrogen and oxygen atoms in total. The molecule has 2 aromatic heterocycles. The van der Waals surface area contributed by atoms with Crippen LogP contribution in [0, 0.1) is 6.92 Å². The lowest BCUT2D eigenvalue weighted by molar-refractivity contribution is 0.0428. The average Bonchev–Trinajstić information content (AvgIpc) is 2.65. The summed E-state index contributed by atoms with van der Waals surface area (Å²) in [4.78, 5) is 23.3. The number of amides is 1. The van der Waals surface area contributed by atoms with Crippen molar-refractivity contribution in [1.82, 2.24) is 14.9 Å². The summed E-state index contributed by atoms with van der Waals surface area (Å²) in [6.07, 6.45) is 6.37. The molecule has 0 radical (unpaired) electrons. The Hall–Kier alpha value is -2.18. The zero-order chi connectivity index (χ0) is 18.5. The van der Waals surface area contributed by atoms with Crippen LogP contribution in [-0.4, -0.2) is 47.1 Å². The first-order valence-electron chi connectivity index (χ1n) is 8.73. The van der Waals surface area contributed by atoms with Crippen LogP contribution >= 0.6 is 11.6 Å². The van der Waals surface area contributed by atoms with E-state index in [1.165, 1.54) is 0 Å². The van der Waals surface area contributed by atoms with Crippen LogP contribution in [0.3, 0.4) is 0 Å². The lowest BCUT2D eigenvalue weighted by Gasteiger charge is -2.35. The number of nitrogens with zero attached hydrogens (tertiary/aromatic N) is 3. The summed E-state index contributed by atoms with van der Waals surface area (Å²) in [6, 6.07) is 5.58. The minimum Gasteiger partial charge on any atom is -0.383 e. The molecule has 1 N–H and O–H groups in total. The number of aromatic nitrogens is 2. The van der Waals surface area contributed by atoms with E-state index >= 15 is 0 Å². The number of piperidine rings is 1. The molecule has 7 heteroatoms.